The number of hydrogen-bond donors (Lipinski definition) is 1. The molecule has 5 nitrogen and oxygen atoms in total. The SMILES string of the molecule is CC(N)c1cccc(Oc2c(F)cccc2[N+](=O)[O-])c1. The molecule has 2 aromatic rings. The van der Waals surface area contributed by atoms with E-state index in [4.69, 9.17) is 10.5 Å². The number of benzene rings is 2. The number of hydrogen-bond acceptors (Lipinski definition) is 4. The van der Waals surface area contributed by atoms with Crippen LogP contribution >= 0.6 is 0 Å². The van der Waals surface area contributed by atoms with Crippen molar-refractivity contribution in [3.63, 3.8) is 0 Å². The molecule has 2 rings (SSSR count). The first-order chi connectivity index (χ1) is 9.49. The molecular weight excluding hydrogens is 263 g/mol. The Balaban J connectivity index is 2.40. The van der Waals surface area contributed by atoms with Crippen LogP contribution in [-0.2, 0) is 0 Å². The third-order valence-electron chi connectivity index (χ3n) is 2.75. The number of nitrogens with zero attached hydrogens (tertiary/aromatic N) is 1. The maximum Gasteiger partial charge on any atom is 0.314 e. The van der Waals surface area contributed by atoms with E-state index < -0.39 is 22.2 Å². The predicted molar refractivity (Wildman–Crippen MR) is 72.2 cm³/mol. The number of ether oxygens (including phenoxy) is 1. The smallest absolute Gasteiger partial charge is 0.314 e. The Hall–Kier alpha value is -2.47. The van der Waals surface area contributed by atoms with E-state index in [1.54, 1.807) is 31.2 Å². The topological polar surface area (TPSA) is 78.4 Å². The summed E-state index contributed by atoms with van der Waals surface area (Å²) in [6, 6.07) is 10.1. The average Bonchev–Trinajstić information content (AvgIpc) is 2.41. The summed E-state index contributed by atoms with van der Waals surface area (Å²) in [5.41, 5.74) is 6.12. The normalized spacial score (nSPS) is 11.9. The third kappa shape index (κ3) is 2.92. The van der Waals surface area contributed by atoms with Crippen LogP contribution in [0.5, 0.6) is 11.5 Å². The van der Waals surface area contributed by atoms with Crippen LogP contribution in [0.4, 0.5) is 10.1 Å². The van der Waals surface area contributed by atoms with Crippen LogP contribution in [0.2, 0.25) is 0 Å². The van der Waals surface area contributed by atoms with E-state index in [0.717, 1.165) is 11.6 Å². The number of nitro benzene ring substituents is 1. The van der Waals surface area contributed by atoms with Gasteiger partial charge in [-0.05, 0) is 30.7 Å². The molecule has 2 aromatic carbocycles. The highest BCUT2D eigenvalue weighted by molar-refractivity contribution is 5.49. The quantitative estimate of drug-likeness (QED) is 0.684. The lowest BCUT2D eigenvalue weighted by Gasteiger charge is -2.10. The zero-order valence-corrected chi connectivity index (χ0v) is 10.7. The Morgan fingerprint density at radius 2 is 2.00 bits per heavy atom. The van der Waals surface area contributed by atoms with Gasteiger partial charge in [0, 0.05) is 12.1 Å². The van der Waals surface area contributed by atoms with Gasteiger partial charge in [-0.3, -0.25) is 10.1 Å². The highest BCUT2D eigenvalue weighted by Gasteiger charge is 2.20. The molecule has 1 atom stereocenters. The van der Waals surface area contributed by atoms with Crippen LogP contribution in [0.25, 0.3) is 0 Å². The first kappa shape index (κ1) is 14.0. The predicted octanol–water partition coefficient (Wildman–Crippen LogP) is 3.55. The summed E-state index contributed by atoms with van der Waals surface area (Å²) in [6.07, 6.45) is 0. The van der Waals surface area contributed by atoms with Crippen molar-refractivity contribution in [3.8, 4) is 11.5 Å². The fourth-order valence-electron chi connectivity index (χ4n) is 1.72. The van der Waals surface area contributed by atoms with Crippen LogP contribution in [0.1, 0.15) is 18.5 Å². The molecule has 0 aliphatic carbocycles. The van der Waals surface area contributed by atoms with Crippen molar-refractivity contribution in [2.24, 2.45) is 5.73 Å². The van der Waals surface area contributed by atoms with E-state index >= 15 is 0 Å². The number of halogens is 1. The molecule has 2 N–H and O–H groups in total. The summed E-state index contributed by atoms with van der Waals surface area (Å²) in [7, 11) is 0. The summed E-state index contributed by atoms with van der Waals surface area (Å²) in [5.74, 6) is -0.891. The minimum atomic E-state index is -0.787. The summed E-state index contributed by atoms with van der Waals surface area (Å²) in [5, 5.41) is 10.9. The van der Waals surface area contributed by atoms with Gasteiger partial charge in [0.15, 0.2) is 5.82 Å². The third-order valence-corrected chi connectivity index (χ3v) is 2.75. The van der Waals surface area contributed by atoms with Crippen LogP contribution < -0.4 is 10.5 Å². The van der Waals surface area contributed by atoms with Crippen molar-refractivity contribution >= 4 is 5.69 Å². The molecule has 0 saturated carbocycles. The van der Waals surface area contributed by atoms with Crippen molar-refractivity contribution in [2.45, 2.75) is 13.0 Å². The van der Waals surface area contributed by atoms with Crippen LogP contribution in [0, 0.1) is 15.9 Å². The Morgan fingerprint density at radius 1 is 1.30 bits per heavy atom. The Bertz CT molecular complexity index is 644. The van der Waals surface area contributed by atoms with Gasteiger partial charge in [-0.1, -0.05) is 18.2 Å². The number of para-hydroxylation sites is 1. The molecule has 1 unspecified atom stereocenters. The standard InChI is InChI=1S/C14H13FN2O3/c1-9(16)10-4-2-5-11(8-10)20-14-12(15)6-3-7-13(14)17(18)19/h2-9H,16H2,1H3. The van der Waals surface area contributed by atoms with Gasteiger partial charge in [0.1, 0.15) is 5.75 Å². The zero-order chi connectivity index (χ0) is 14.7. The molecule has 0 aliphatic rings. The van der Waals surface area contributed by atoms with Crippen LogP contribution in [-0.4, -0.2) is 4.92 Å². The largest absolute Gasteiger partial charge is 0.447 e. The minimum Gasteiger partial charge on any atom is -0.447 e. The summed E-state index contributed by atoms with van der Waals surface area (Å²) < 4.78 is 19.0. The van der Waals surface area contributed by atoms with E-state index in [1.165, 1.54) is 12.1 Å². The fourth-order valence-corrected chi connectivity index (χ4v) is 1.72. The second kappa shape index (κ2) is 5.66. The van der Waals surface area contributed by atoms with Gasteiger partial charge in [0.25, 0.3) is 0 Å². The fraction of sp³-hybridized carbons (Fsp3) is 0.143. The lowest BCUT2D eigenvalue weighted by atomic mass is 10.1. The lowest BCUT2D eigenvalue weighted by molar-refractivity contribution is -0.385. The molecule has 0 fully saturated rings. The number of rotatable bonds is 4. The van der Waals surface area contributed by atoms with E-state index in [2.05, 4.69) is 0 Å². The van der Waals surface area contributed by atoms with E-state index in [1.807, 2.05) is 0 Å². The molecule has 0 radical (unpaired) electrons. The highest BCUT2D eigenvalue weighted by atomic mass is 19.1. The second-order valence-electron chi connectivity index (χ2n) is 4.31. The zero-order valence-electron chi connectivity index (χ0n) is 10.7. The van der Waals surface area contributed by atoms with Gasteiger partial charge in [-0.2, -0.15) is 0 Å². The molecule has 0 heterocycles. The average molecular weight is 276 g/mol. The Labute approximate surface area is 114 Å². The van der Waals surface area contributed by atoms with Crippen LogP contribution in [0.3, 0.4) is 0 Å². The maximum absolute atomic E-state index is 13.7. The van der Waals surface area contributed by atoms with Crippen molar-refractivity contribution in [3.05, 3.63) is 64.0 Å². The molecule has 20 heavy (non-hydrogen) atoms. The lowest BCUT2D eigenvalue weighted by Crippen LogP contribution is -2.04. The first-order valence-electron chi connectivity index (χ1n) is 5.95. The van der Waals surface area contributed by atoms with Gasteiger partial charge < -0.3 is 10.5 Å². The molecule has 0 amide bonds. The van der Waals surface area contributed by atoms with Crippen molar-refractivity contribution < 1.29 is 14.1 Å². The molecule has 0 aromatic heterocycles. The highest BCUT2D eigenvalue weighted by Crippen LogP contribution is 2.34. The molecular formula is C14H13FN2O3. The molecule has 6 heteroatoms. The number of nitro groups is 1. The summed E-state index contributed by atoms with van der Waals surface area (Å²) in [6.45, 7) is 1.80. The minimum absolute atomic E-state index is 0.214. The number of nitrogens with two attached hydrogens (primary N) is 1. The van der Waals surface area contributed by atoms with E-state index in [-0.39, 0.29) is 6.04 Å². The van der Waals surface area contributed by atoms with Gasteiger partial charge >= 0.3 is 5.69 Å². The van der Waals surface area contributed by atoms with Crippen molar-refractivity contribution in [2.75, 3.05) is 0 Å². The van der Waals surface area contributed by atoms with Gasteiger partial charge in [0.05, 0.1) is 4.92 Å². The monoisotopic (exact) mass is 276 g/mol. The summed E-state index contributed by atoms with van der Waals surface area (Å²) in [4.78, 5) is 10.2. The Kier molecular flexibility index (Phi) is 3.95. The molecule has 0 spiro atoms. The van der Waals surface area contributed by atoms with E-state index in [0.29, 0.717) is 5.75 Å². The second-order valence-corrected chi connectivity index (χ2v) is 4.31. The van der Waals surface area contributed by atoms with Crippen molar-refractivity contribution in [1.29, 1.82) is 0 Å². The van der Waals surface area contributed by atoms with Gasteiger partial charge in [-0.15, -0.1) is 0 Å². The molecule has 0 aliphatic heterocycles. The maximum atomic E-state index is 13.7. The van der Waals surface area contributed by atoms with E-state index in [9.17, 15) is 14.5 Å². The van der Waals surface area contributed by atoms with Gasteiger partial charge in [-0.25, -0.2) is 4.39 Å². The van der Waals surface area contributed by atoms with Crippen LogP contribution in [0.15, 0.2) is 42.5 Å². The Morgan fingerprint density at radius 3 is 2.65 bits per heavy atom. The first-order valence-corrected chi connectivity index (χ1v) is 5.95. The molecule has 0 saturated heterocycles. The van der Waals surface area contributed by atoms with Gasteiger partial charge in [0.2, 0.25) is 5.75 Å². The van der Waals surface area contributed by atoms with Crippen molar-refractivity contribution in [1.82, 2.24) is 0 Å². The summed E-state index contributed by atoms with van der Waals surface area (Å²) >= 11 is 0. The molecule has 0 bridgehead atoms. The molecule has 104 valence electrons.